The Morgan fingerprint density at radius 3 is 2.40 bits per heavy atom. The topological polar surface area (TPSA) is 49.8 Å². The number of ether oxygens (including phenoxy) is 1. The molecule has 0 radical (unpaired) electrons. The van der Waals surface area contributed by atoms with Crippen molar-refractivity contribution in [1.82, 2.24) is 4.90 Å². The number of carboxylic acids is 1. The van der Waals surface area contributed by atoms with Crippen LogP contribution in [-0.2, 0) is 9.53 Å². The van der Waals surface area contributed by atoms with Crippen molar-refractivity contribution in [3.05, 3.63) is 0 Å². The minimum Gasteiger partial charge on any atom is -0.480 e. The van der Waals surface area contributed by atoms with Crippen molar-refractivity contribution in [2.75, 3.05) is 19.7 Å². The Morgan fingerprint density at radius 2 is 2.00 bits per heavy atom. The van der Waals surface area contributed by atoms with Gasteiger partial charge in [-0.15, -0.1) is 0 Å². The van der Waals surface area contributed by atoms with Gasteiger partial charge in [-0.25, -0.2) is 4.79 Å². The van der Waals surface area contributed by atoms with Crippen molar-refractivity contribution >= 4 is 5.97 Å². The first-order valence-corrected chi connectivity index (χ1v) is 5.44. The molecule has 1 aliphatic heterocycles. The molecular formula is C11H21NO3. The average molecular weight is 215 g/mol. The van der Waals surface area contributed by atoms with Crippen LogP contribution in [0, 0.1) is 5.92 Å². The van der Waals surface area contributed by atoms with Gasteiger partial charge in [0, 0.05) is 19.1 Å². The van der Waals surface area contributed by atoms with Gasteiger partial charge in [-0.3, -0.25) is 4.90 Å². The molecule has 1 rings (SSSR count). The molecule has 1 heterocycles. The zero-order valence-electron chi connectivity index (χ0n) is 9.99. The number of rotatable bonds is 5. The van der Waals surface area contributed by atoms with Crippen molar-refractivity contribution in [2.24, 2.45) is 5.92 Å². The van der Waals surface area contributed by atoms with Crippen LogP contribution < -0.4 is 0 Å². The number of carbonyl (C=O) groups is 1. The minimum absolute atomic E-state index is 0.194. The standard InChI is InChI=1S/C11H21NO3/c1-8(2)9(3)12-6-11(4,7-12)15-5-10(13)14/h8-9H,5-7H2,1-4H3,(H,13,14). The Labute approximate surface area is 91.2 Å². The first kappa shape index (κ1) is 12.5. The predicted molar refractivity (Wildman–Crippen MR) is 57.9 cm³/mol. The second kappa shape index (κ2) is 4.49. The summed E-state index contributed by atoms with van der Waals surface area (Å²) in [5.74, 6) is -0.277. The van der Waals surface area contributed by atoms with E-state index in [1.165, 1.54) is 0 Å². The third-order valence-corrected chi connectivity index (χ3v) is 3.16. The molecule has 1 N–H and O–H groups in total. The van der Waals surface area contributed by atoms with Gasteiger partial charge in [0.25, 0.3) is 0 Å². The summed E-state index contributed by atoms with van der Waals surface area (Å²) < 4.78 is 5.35. The lowest BCUT2D eigenvalue weighted by molar-refractivity contribution is -0.170. The highest BCUT2D eigenvalue weighted by Crippen LogP contribution is 2.28. The van der Waals surface area contributed by atoms with Crippen LogP contribution in [0.15, 0.2) is 0 Å². The minimum atomic E-state index is -0.897. The van der Waals surface area contributed by atoms with Crippen LogP contribution in [-0.4, -0.2) is 47.3 Å². The Bertz CT molecular complexity index is 234. The van der Waals surface area contributed by atoms with E-state index in [0.29, 0.717) is 12.0 Å². The van der Waals surface area contributed by atoms with E-state index in [2.05, 4.69) is 25.7 Å². The van der Waals surface area contributed by atoms with E-state index in [-0.39, 0.29) is 12.2 Å². The summed E-state index contributed by atoms with van der Waals surface area (Å²) in [5.41, 5.74) is -0.262. The molecule has 0 saturated carbocycles. The van der Waals surface area contributed by atoms with Crippen molar-refractivity contribution in [3.8, 4) is 0 Å². The highest BCUT2D eigenvalue weighted by molar-refractivity contribution is 5.68. The molecule has 4 nitrogen and oxygen atoms in total. The van der Waals surface area contributed by atoms with Crippen LogP contribution in [0.4, 0.5) is 0 Å². The molecule has 4 heteroatoms. The third kappa shape index (κ3) is 3.18. The first-order chi connectivity index (χ1) is 6.84. The maximum absolute atomic E-state index is 10.4. The van der Waals surface area contributed by atoms with E-state index in [9.17, 15) is 4.79 Å². The van der Waals surface area contributed by atoms with E-state index in [1.807, 2.05) is 6.92 Å². The molecule has 1 fully saturated rings. The van der Waals surface area contributed by atoms with E-state index < -0.39 is 5.97 Å². The van der Waals surface area contributed by atoms with Crippen molar-refractivity contribution in [2.45, 2.75) is 39.3 Å². The molecule has 15 heavy (non-hydrogen) atoms. The Morgan fingerprint density at radius 1 is 1.47 bits per heavy atom. The maximum Gasteiger partial charge on any atom is 0.329 e. The van der Waals surface area contributed by atoms with Crippen molar-refractivity contribution < 1.29 is 14.6 Å². The lowest BCUT2D eigenvalue weighted by atomic mass is 9.91. The van der Waals surface area contributed by atoms with Gasteiger partial charge in [0.2, 0.25) is 0 Å². The molecule has 1 saturated heterocycles. The molecule has 0 aromatic carbocycles. The fourth-order valence-electron chi connectivity index (χ4n) is 1.85. The van der Waals surface area contributed by atoms with Gasteiger partial charge in [-0.2, -0.15) is 0 Å². The van der Waals surface area contributed by atoms with Crippen LogP contribution >= 0.6 is 0 Å². The van der Waals surface area contributed by atoms with Crippen LogP contribution in [0.5, 0.6) is 0 Å². The lowest BCUT2D eigenvalue weighted by Gasteiger charge is -2.51. The molecule has 1 aliphatic rings. The maximum atomic E-state index is 10.4. The summed E-state index contributed by atoms with van der Waals surface area (Å²) in [4.78, 5) is 12.7. The lowest BCUT2D eigenvalue weighted by Crippen LogP contribution is -2.64. The Kier molecular flexibility index (Phi) is 3.73. The summed E-state index contributed by atoms with van der Waals surface area (Å²) in [6, 6.07) is 0.534. The van der Waals surface area contributed by atoms with Gasteiger partial charge in [0.1, 0.15) is 6.61 Å². The van der Waals surface area contributed by atoms with E-state index >= 15 is 0 Å². The van der Waals surface area contributed by atoms with E-state index in [4.69, 9.17) is 9.84 Å². The van der Waals surface area contributed by atoms with Gasteiger partial charge in [-0.1, -0.05) is 13.8 Å². The quantitative estimate of drug-likeness (QED) is 0.749. The highest BCUT2D eigenvalue weighted by atomic mass is 16.5. The number of aliphatic carboxylic acids is 1. The number of nitrogens with zero attached hydrogens (tertiary/aromatic N) is 1. The third-order valence-electron chi connectivity index (χ3n) is 3.16. The summed E-state index contributed by atoms with van der Waals surface area (Å²) in [7, 11) is 0. The SMILES string of the molecule is CC(C)C(C)N1CC(C)(OCC(=O)O)C1. The van der Waals surface area contributed by atoms with Gasteiger partial charge < -0.3 is 9.84 Å². The zero-order chi connectivity index (χ0) is 11.6. The molecule has 0 aromatic heterocycles. The van der Waals surface area contributed by atoms with Crippen LogP contribution in [0.1, 0.15) is 27.7 Å². The molecule has 1 unspecified atom stereocenters. The molecule has 0 bridgehead atoms. The smallest absolute Gasteiger partial charge is 0.329 e. The molecule has 0 spiro atoms. The summed E-state index contributed by atoms with van der Waals surface area (Å²) in [6.45, 7) is 10.0. The Hall–Kier alpha value is -0.610. The molecule has 0 aliphatic carbocycles. The predicted octanol–water partition coefficient (Wildman–Crippen LogP) is 1.21. The largest absolute Gasteiger partial charge is 0.480 e. The van der Waals surface area contributed by atoms with Crippen LogP contribution in [0.3, 0.4) is 0 Å². The van der Waals surface area contributed by atoms with Crippen molar-refractivity contribution in [1.29, 1.82) is 0 Å². The van der Waals surface area contributed by atoms with Crippen molar-refractivity contribution in [3.63, 3.8) is 0 Å². The summed E-state index contributed by atoms with van der Waals surface area (Å²) >= 11 is 0. The van der Waals surface area contributed by atoms with Gasteiger partial charge in [0.15, 0.2) is 0 Å². The zero-order valence-corrected chi connectivity index (χ0v) is 9.99. The van der Waals surface area contributed by atoms with Gasteiger partial charge in [0.05, 0.1) is 5.60 Å². The monoisotopic (exact) mass is 215 g/mol. The van der Waals surface area contributed by atoms with E-state index in [1.54, 1.807) is 0 Å². The summed E-state index contributed by atoms with van der Waals surface area (Å²) in [6.07, 6.45) is 0. The normalized spacial score (nSPS) is 22.5. The highest BCUT2D eigenvalue weighted by Gasteiger charge is 2.42. The summed E-state index contributed by atoms with van der Waals surface area (Å²) in [5, 5.41) is 8.52. The molecular weight excluding hydrogens is 194 g/mol. The number of likely N-dealkylation sites (tertiary alicyclic amines) is 1. The average Bonchev–Trinajstić information content (AvgIpc) is 2.08. The second-order valence-electron chi connectivity index (χ2n) is 5.02. The molecule has 88 valence electrons. The first-order valence-electron chi connectivity index (χ1n) is 5.44. The van der Waals surface area contributed by atoms with Gasteiger partial charge in [-0.05, 0) is 19.8 Å². The van der Waals surface area contributed by atoms with Gasteiger partial charge >= 0.3 is 5.97 Å². The van der Waals surface area contributed by atoms with Crippen LogP contribution in [0.25, 0.3) is 0 Å². The number of carboxylic acid groups (broad SMARTS) is 1. The number of hydrogen-bond acceptors (Lipinski definition) is 3. The molecule has 0 amide bonds. The molecule has 1 atom stereocenters. The second-order valence-corrected chi connectivity index (χ2v) is 5.02. The van der Waals surface area contributed by atoms with Crippen LogP contribution in [0.2, 0.25) is 0 Å². The number of hydrogen-bond donors (Lipinski definition) is 1. The van der Waals surface area contributed by atoms with E-state index in [0.717, 1.165) is 13.1 Å². The Balaban J connectivity index is 2.31. The fourth-order valence-corrected chi connectivity index (χ4v) is 1.85. The molecule has 0 aromatic rings. The fraction of sp³-hybridized carbons (Fsp3) is 0.909.